The van der Waals surface area contributed by atoms with Gasteiger partial charge in [0.1, 0.15) is 5.01 Å². The largest absolute Gasteiger partial charge is 0.477 e. The molecule has 1 unspecified atom stereocenters. The number of aliphatic carboxylic acids is 1. The zero-order valence-corrected chi connectivity index (χ0v) is 10.2. The van der Waals surface area contributed by atoms with E-state index in [-0.39, 0.29) is 12.1 Å². The second kappa shape index (κ2) is 5.08. The minimum absolute atomic E-state index is 0.0550. The van der Waals surface area contributed by atoms with Crippen molar-refractivity contribution in [1.29, 1.82) is 0 Å². The molecule has 1 aromatic heterocycles. The number of nitrogens with zero attached hydrogens (tertiary/aromatic N) is 3. The molecule has 2 N–H and O–H groups in total. The van der Waals surface area contributed by atoms with Gasteiger partial charge in [-0.1, -0.05) is 23.4 Å². The third-order valence-electron chi connectivity index (χ3n) is 2.21. The highest BCUT2D eigenvalue weighted by Gasteiger charge is 2.31. The Hall–Kier alpha value is -2.03. The van der Waals surface area contributed by atoms with Crippen LogP contribution in [0.1, 0.15) is 18.4 Å². The lowest BCUT2D eigenvalue weighted by Gasteiger charge is -2.05. The van der Waals surface area contributed by atoms with Gasteiger partial charge in [-0.05, 0) is 6.42 Å². The zero-order valence-electron chi connectivity index (χ0n) is 9.41. The summed E-state index contributed by atoms with van der Waals surface area (Å²) in [5, 5.41) is 23.3. The molecule has 9 heteroatoms. The number of aromatic nitrogens is 2. The normalized spacial score (nSPS) is 18.1. The highest BCUT2D eigenvalue weighted by atomic mass is 32.1. The number of hydrogen-bond acceptors (Lipinski definition) is 7. The van der Waals surface area contributed by atoms with Gasteiger partial charge in [-0.3, -0.25) is 10.1 Å². The number of amides is 1. The Morgan fingerprint density at radius 3 is 2.89 bits per heavy atom. The quantitative estimate of drug-likeness (QED) is 0.811. The van der Waals surface area contributed by atoms with Gasteiger partial charge in [-0.25, -0.2) is 4.79 Å². The highest BCUT2D eigenvalue weighted by molar-refractivity contribution is 7.15. The summed E-state index contributed by atoms with van der Waals surface area (Å²) in [4.78, 5) is 27.1. The Kier molecular flexibility index (Phi) is 3.51. The third kappa shape index (κ3) is 2.62. The second-order valence-electron chi connectivity index (χ2n) is 3.49. The van der Waals surface area contributed by atoms with Crippen LogP contribution in [0.5, 0.6) is 0 Å². The molecule has 0 spiro atoms. The highest BCUT2D eigenvalue weighted by Crippen LogP contribution is 2.18. The van der Waals surface area contributed by atoms with Crippen molar-refractivity contribution in [2.45, 2.75) is 25.9 Å². The Labute approximate surface area is 106 Å². The molecule has 0 bridgehead atoms. The Balaban J connectivity index is 1.92. The van der Waals surface area contributed by atoms with Crippen molar-refractivity contribution in [2.24, 2.45) is 5.16 Å². The molecule has 18 heavy (non-hydrogen) atoms. The van der Waals surface area contributed by atoms with E-state index in [1.807, 2.05) is 6.92 Å². The maximum Gasteiger partial charge on any atom is 0.353 e. The molecule has 1 aromatic rings. The number of carbonyl (C=O) groups is 2. The predicted molar refractivity (Wildman–Crippen MR) is 62.5 cm³/mol. The van der Waals surface area contributed by atoms with Gasteiger partial charge in [0.05, 0.1) is 0 Å². The first-order valence-corrected chi connectivity index (χ1v) is 6.01. The molecule has 1 aliphatic heterocycles. The van der Waals surface area contributed by atoms with Gasteiger partial charge in [0, 0.05) is 6.42 Å². The molecule has 0 saturated carbocycles. The van der Waals surface area contributed by atoms with Crippen molar-refractivity contribution in [3.63, 3.8) is 0 Å². The number of anilines is 1. The van der Waals surface area contributed by atoms with Crippen LogP contribution in [-0.2, 0) is 20.8 Å². The maximum absolute atomic E-state index is 11.7. The van der Waals surface area contributed by atoms with Crippen molar-refractivity contribution in [1.82, 2.24) is 10.2 Å². The molecule has 1 aliphatic rings. The number of carboxylic acids is 1. The second-order valence-corrected chi connectivity index (χ2v) is 4.55. The number of carboxylic acid groups (broad SMARTS) is 1. The van der Waals surface area contributed by atoms with E-state index in [4.69, 9.17) is 9.94 Å². The van der Waals surface area contributed by atoms with Crippen molar-refractivity contribution < 1.29 is 19.5 Å². The minimum Gasteiger partial charge on any atom is -0.477 e. The minimum atomic E-state index is -1.19. The number of carbonyl (C=O) groups excluding carboxylic acids is 1. The summed E-state index contributed by atoms with van der Waals surface area (Å²) in [5.41, 5.74) is -0.165. The van der Waals surface area contributed by atoms with Gasteiger partial charge >= 0.3 is 5.97 Å². The van der Waals surface area contributed by atoms with E-state index in [1.165, 1.54) is 11.3 Å². The van der Waals surface area contributed by atoms with E-state index in [0.29, 0.717) is 5.13 Å². The molecule has 96 valence electrons. The van der Waals surface area contributed by atoms with Crippen LogP contribution in [0, 0.1) is 0 Å². The first-order chi connectivity index (χ1) is 8.60. The molecule has 1 atom stereocenters. The summed E-state index contributed by atoms with van der Waals surface area (Å²) in [6.45, 7) is 1.93. The standard InChI is InChI=1S/C9H10N4O4S/c1-2-6-11-12-9(18-6)10-7(14)5-3-4(8(15)16)13-17-5/h5H,2-3H2,1H3,(H,15,16)(H,10,12,14). The Morgan fingerprint density at radius 1 is 1.56 bits per heavy atom. The first kappa shape index (κ1) is 12.4. The predicted octanol–water partition coefficient (Wildman–Crippen LogP) is 0.268. The molecule has 2 rings (SSSR count). The lowest BCUT2D eigenvalue weighted by Crippen LogP contribution is -2.28. The monoisotopic (exact) mass is 270 g/mol. The number of aryl methyl sites for hydroxylation is 1. The first-order valence-electron chi connectivity index (χ1n) is 5.19. The van der Waals surface area contributed by atoms with E-state index < -0.39 is 18.0 Å². The average molecular weight is 270 g/mol. The molecular formula is C9H10N4O4S. The summed E-state index contributed by atoms with van der Waals surface area (Å²) >= 11 is 1.26. The van der Waals surface area contributed by atoms with E-state index in [2.05, 4.69) is 20.7 Å². The van der Waals surface area contributed by atoms with Crippen LogP contribution < -0.4 is 5.32 Å². The van der Waals surface area contributed by atoms with Gasteiger partial charge in [-0.15, -0.1) is 10.2 Å². The molecule has 8 nitrogen and oxygen atoms in total. The van der Waals surface area contributed by atoms with Crippen molar-refractivity contribution in [2.75, 3.05) is 5.32 Å². The van der Waals surface area contributed by atoms with Crippen LogP contribution in [-0.4, -0.2) is 39.0 Å². The van der Waals surface area contributed by atoms with Gasteiger partial charge in [-0.2, -0.15) is 0 Å². The number of oxime groups is 1. The summed E-state index contributed by atoms with van der Waals surface area (Å²) < 4.78 is 0. The molecular weight excluding hydrogens is 260 g/mol. The zero-order chi connectivity index (χ0) is 13.1. The number of hydrogen-bond donors (Lipinski definition) is 2. The average Bonchev–Trinajstić information content (AvgIpc) is 2.97. The van der Waals surface area contributed by atoms with Crippen molar-refractivity contribution in [3.8, 4) is 0 Å². The maximum atomic E-state index is 11.7. The van der Waals surface area contributed by atoms with E-state index in [9.17, 15) is 9.59 Å². The summed E-state index contributed by atoms with van der Waals surface area (Å²) in [5.74, 6) is -1.66. The molecule has 0 aromatic carbocycles. The molecule has 0 fully saturated rings. The van der Waals surface area contributed by atoms with Crippen LogP contribution in [0.2, 0.25) is 0 Å². The fraction of sp³-hybridized carbons (Fsp3) is 0.444. The fourth-order valence-electron chi connectivity index (χ4n) is 1.28. The molecule has 1 amide bonds. The fourth-order valence-corrected chi connectivity index (χ4v) is 1.96. The number of nitrogens with one attached hydrogen (secondary N) is 1. The van der Waals surface area contributed by atoms with Gasteiger partial charge < -0.3 is 9.94 Å². The third-order valence-corrected chi connectivity index (χ3v) is 3.19. The molecule has 0 radical (unpaired) electrons. The lowest BCUT2D eigenvalue weighted by molar-refractivity contribution is -0.129. The van der Waals surface area contributed by atoms with Gasteiger partial charge in [0.15, 0.2) is 5.71 Å². The van der Waals surface area contributed by atoms with Crippen LogP contribution >= 0.6 is 11.3 Å². The lowest BCUT2D eigenvalue weighted by atomic mass is 10.2. The van der Waals surface area contributed by atoms with Crippen LogP contribution in [0.25, 0.3) is 0 Å². The van der Waals surface area contributed by atoms with Crippen LogP contribution in [0.4, 0.5) is 5.13 Å². The summed E-state index contributed by atoms with van der Waals surface area (Å²) in [7, 11) is 0. The van der Waals surface area contributed by atoms with E-state index >= 15 is 0 Å². The molecule has 0 aliphatic carbocycles. The van der Waals surface area contributed by atoms with Crippen LogP contribution in [0.3, 0.4) is 0 Å². The SMILES string of the molecule is CCc1nnc(NC(=O)C2CC(C(=O)O)=NO2)s1. The van der Waals surface area contributed by atoms with Crippen LogP contribution in [0.15, 0.2) is 5.16 Å². The summed E-state index contributed by atoms with van der Waals surface area (Å²) in [6, 6.07) is 0. The van der Waals surface area contributed by atoms with Gasteiger partial charge in [0.25, 0.3) is 5.91 Å². The Morgan fingerprint density at radius 2 is 2.33 bits per heavy atom. The van der Waals surface area contributed by atoms with Crippen molar-refractivity contribution in [3.05, 3.63) is 5.01 Å². The topological polar surface area (TPSA) is 114 Å². The van der Waals surface area contributed by atoms with Crippen molar-refractivity contribution >= 4 is 34.1 Å². The van der Waals surface area contributed by atoms with E-state index in [0.717, 1.165) is 11.4 Å². The van der Waals surface area contributed by atoms with E-state index in [1.54, 1.807) is 0 Å². The smallest absolute Gasteiger partial charge is 0.353 e. The summed E-state index contributed by atoms with van der Waals surface area (Å²) in [6.07, 6.45) is -0.245. The Bertz CT molecular complexity index is 512. The molecule has 0 saturated heterocycles. The molecule has 2 heterocycles. The van der Waals surface area contributed by atoms with Gasteiger partial charge in [0.2, 0.25) is 11.2 Å². The number of rotatable bonds is 4.